The second-order valence-corrected chi connectivity index (χ2v) is 4.57. The number of urea groups is 1. The van der Waals surface area contributed by atoms with Crippen LogP contribution in [0, 0.1) is 0 Å². The third-order valence-corrected chi connectivity index (χ3v) is 2.67. The maximum atomic E-state index is 11.5. The monoisotopic (exact) mass is 329 g/mol. The first-order valence-electron chi connectivity index (χ1n) is 5.68. The van der Waals surface area contributed by atoms with E-state index in [9.17, 15) is 9.59 Å². The quantitative estimate of drug-likeness (QED) is 0.688. The Morgan fingerprint density at radius 1 is 1.26 bits per heavy atom. The van der Waals surface area contributed by atoms with E-state index in [0.29, 0.717) is 13.2 Å². The van der Waals surface area contributed by atoms with Crippen molar-refractivity contribution in [3.63, 3.8) is 0 Å². The van der Waals surface area contributed by atoms with Crippen molar-refractivity contribution in [1.29, 1.82) is 0 Å². The zero-order valence-electron chi connectivity index (χ0n) is 10.5. The number of hydrogen-bond acceptors (Lipinski definition) is 4. The maximum Gasteiger partial charge on any atom is 0.321 e. The van der Waals surface area contributed by atoms with Crippen LogP contribution in [0.2, 0.25) is 0 Å². The minimum absolute atomic E-state index is 0.0271. The molecule has 104 valence electrons. The molecule has 0 saturated carbocycles. The van der Waals surface area contributed by atoms with Crippen molar-refractivity contribution in [2.24, 2.45) is 0 Å². The molecule has 0 fully saturated rings. The van der Waals surface area contributed by atoms with Crippen LogP contribution in [0.25, 0.3) is 0 Å². The van der Waals surface area contributed by atoms with E-state index in [1.165, 1.54) is 7.11 Å². The van der Waals surface area contributed by atoms with Gasteiger partial charge >= 0.3 is 6.03 Å². The Bertz CT molecular complexity index is 423. The van der Waals surface area contributed by atoms with Crippen LogP contribution in [-0.2, 0) is 9.53 Å². The Morgan fingerprint density at radius 3 is 2.58 bits per heavy atom. The van der Waals surface area contributed by atoms with Gasteiger partial charge < -0.3 is 15.4 Å². The normalized spacial score (nSPS) is 9.79. The van der Waals surface area contributed by atoms with Crippen molar-refractivity contribution < 1.29 is 14.3 Å². The average Bonchev–Trinajstić information content (AvgIpc) is 2.38. The number of ether oxygens (including phenoxy) is 1. The number of methoxy groups -OCH3 is 1. The molecule has 6 nitrogen and oxygen atoms in total. The van der Waals surface area contributed by atoms with Gasteiger partial charge in [0.05, 0.1) is 13.2 Å². The van der Waals surface area contributed by atoms with Gasteiger partial charge in [-0.3, -0.25) is 10.1 Å². The first-order chi connectivity index (χ1) is 9.11. The minimum Gasteiger partial charge on any atom is -0.383 e. The number of nitrogens with one attached hydrogen (secondary N) is 3. The highest BCUT2D eigenvalue weighted by molar-refractivity contribution is 9.10. The van der Waals surface area contributed by atoms with Gasteiger partial charge in [-0.15, -0.1) is 0 Å². The standard InChI is InChI=1S/C12H16BrN3O3/c1-19-7-6-14-12(18)16-11(17)8-15-10-4-2-9(13)3-5-10/h2-5,15H,6-8H2,1H3,(H2,14,16,17,18). The van der Waals surface area contributed by atoms with Crippen LogP contribution < -0.4 is 16.0 Å². The Kier molecular flexibility index (Phi) is 6.91. The number of benzene rings is 1. The average molecular weight is 330 g/mol. The lowest BCUT2D eigenvalue weighted by Gasteiger charge is -2.08. The highest BCUT2D eigenvalue weighted by Crippen LogP contribution is 2.13. The third kappa shape index (κ3) is 6.78. The number of carbonyl (C=O) groups is 2. The molecular formula is C12H16BrN3O3. The van der Waals surface area contributed by atoms with Crippen molar-refractivity contribution >= 4 is 33.6 Å². The molecule has 0 unspecified atom stereocenters. The Balaban J connectivity index is 2.24. The fourth-order valence-electron chi connectivity index (χ4n) is 1.23. The van der Waals surface area contributed by atoms with Crippen LogP contribution in [0.1, 0.15) is 0 Å². The number of halogens is 1. The van der Waals surface area contributed by atoms with Gasteiger partial charge in [-0.2, -0.15) is 0 Å². The summed E-state index contributed by atoms with van der Waals surface area (Å²) in [6.07, 6.45) is 0. The Labute approximate surface area is 120 Å². The lowest BCUT2D eigenvalue weighted by atomic mass is 10.3. The molecule has 1 aromatic rings. The molecule has 19 heavy (non-hydrogen) atoms. The van der Waals surface area contributed by atoms with Crippen molar-refractivity contribution in [2.75, 3.05) is 32.1 Å². The molecule has 0 atom stereocenters. The van der Waals surface area contributed by atoms with E-state index < -0.39 is 11.9 Å². The molecule has 0 heterocycles. The van der Waals surface area contributed by atoms with Crippen LogP contribution >= 0.6 is 15.9 Å². The molecule has 0 aromatic heterocycles. The summed E-state index contributed by atoms with van der Waals surface area (Å²) in [5, 5.41) is 7.60. The third-order valence-electron chi connectivity index (χ3n) is 2.14. The van der Waals surface area contributed by atoms with Crippen LogP contribution in [0.4, 0.5) is 10.5 Å². The van der Waals surface area contributed by atoms with Crippen molar-refractivity contribution in [2.45, 2.75) is 0 Å². The fourth-order valence-corrected chi connectivity index (χ4v) is 1.50. The number of amides is 3. The Morgan fingerprint density at radius 2 is 1.95 bits per heavy atom. The molecule has 0 spiro atoms. The van der Waals surface area contributed by atoms with Crippen LogP contribution in [0.5, 0.6) is 0 Å². The topological polar surface area (TPSA) is 79.5 Å². The van der Waals surface area contributed by atoms with E-state index in [1.807, 2.05) is 24.3 Å². The number of carbonyl (C=O) groups excluding carboxylic acids is 2. The molecule has 7 heteroatoms. The Hall–Kier alpha value is -1.60. The summed E-state index contributed by atoms with van der Waals surface area (Å²) in [5.74, 6) is -0.405. The van der Waals surface area contributed by atoms with Crippen molar-refractivity contribution in [3.8, 4) is 0 Å². The lowest BCUT2D eigenvalue weighted by Crippen LogP contribution is -2.42. The molecule has 0 bridgehead atoms. The molecule has 1 rings (SSSR count). The second kappa shape index (κ2) is 8.49. The molecule has 3 N–H and O–H groups in total. The van der Waals surface area contributed by atoms with E-state index in [0.717, 1.165) is 10.2 Å². The SMILES string of the molecule is COCCNC(=O)NC(=O)CNc1ccc(Br)cc1. The second-order valence-electron chi connectivity index (χ2n) is 3.66. The van der Waals surface area contributed by atoms with E-state index >= 15 is 0 Å². The smallest absolute Gasteiger partial charge is 0.321 e. The predicted molar refractivity (Wildman–Crippen MR) is 76.0 cm³/mol. The van der Waals surface area contributed by atoms with E-state index in [4.69, 9.17) is 4.74 Å². The van der Waals surface area contributed by atoms with Gasteiger partial charge in [0.15, 0.2) is 0 Å². The molecular weight excluding hydrogens is 314 g/mol. The first-order valence-corrected chi connectivity index (χ1v) is 6.47. The van der Waals surface area contributed by atoms with E-state index in [-0.39, 0.29) is 6.54 Å². The number of hydrogen-bond donors (Lipinski definition) is 3. The summed E-state index contributed by atoms with van der Waals surface area (Å²) in [4.78, 5) is 22.7. The predicted octanol–water partition coefficient (Wildman–Crippen LogP) is 1.33. The van der Waals surface area contributed by atoms with Gasteiger partial charge in [-0.25, -0.2) is 4.79 Å². The van der Waals surface area contributed by atoms with Gasteiger partial charge in [0, 0.05) is 23.8 Å². The zero-order valence-corrected chi connectivity index (χ0v) is 12.1. The molecule has 0 aliphatic carbocycles. The number of rotatable bonds is 6. The molecule has 1 aromatic carbocycles. The molecule has 0 radical (unpaired) electrons. The van der Waals surface area contributed by atoms with E-state index in [1.54, 1.807) is 0 Å². The molecule has 0 saturated heterocycles. The van der Waals surface area contributed by atoms with Gasteiger partial charge in [0.1, 0.15) is 0 Å². The highest BCUT2D eigenvalue weighted by Gasteiger charge is 2.06. The number of anilines is 1. The lowest BCUT2D eigenvalue weighted by molar-refractivity contribution is -0.118. The van der Waals surface area contributed by atoms with Gasteiger partial charge in [-0.1, -0.05) is 15.9 Å². The summed E-state index contributed by atoms with van der Waals surface area (Å²) < 4.78 is 5.73. The maximum absolute atomic E-state index is 11.5. The summed E-state index contributed by atoms with van der Waals surface area (Å²) in [6, 6.07) is 6.85. The van der Waals surface area contributed by atoms with Crippen LogP contribution in [0.15, 0.2) is 28.7 Å². The zero-order chi connectivity index (χ0) is 14.1. The van der Waals surface area contributed by atoms with Gasteiger partial charge in [0.25, 0.3) is 0 Å². The summed E-state index contributed by atoms with van der Waals surface area (Å²) in [6.45, 7) is 0.786. The summed E-state index contributed by atoms with van der Waals surface area (Å²) in [5.41, 5.74) is 0.804. The van der Waals surface area contributed by atoms with Crippen molar-refractivity contribution in [1.82, 2.24) is 10.6 Å². The molecule has 3 amide bonds. The largest absolute Gasteiger partial charge is 0.383 e. The molecule has 0 aliphatic heterocycles. The van der Waals surface area contributed by atoms with E-state index in [2.05, 4.69) is 31.9 Å². The van der Waals surface area contributed by atoms with Crippen molar-refractivity contribution in [3.05, 3.63) is 28.7 Å². The highest BCUT2D eigenvalue weighted by atomic mass is 79.9. The first kappa shape index (κ1) is 15.5. The summed E-state index contributed by atoms with van der Waals surface area (Å²) >= 11 is 3.32. The summed E-state index contributed by atoms with van der Waals surface area (Å²) in [7, 11) is 1.53. The van der Waals surface area contributed by atoms with Crippen LogP contribution in [0.3, 0.4) is 0 Å². The fraction of sp³-hybridized carbons (Fsp3) is 0.333. The van der Waals surface area contributed by atoms with Gasteiger partial charge in [-0.05, 0) is 24.3 Å². The number of imide groups is 1. The van der Waals surface area contributed by atoms with Gasteiger partial charge in [0.2, 0.25) is 5.91 Å². The minimum atomic E-state index is -0.528. The van der Waals surface area contributed by atoms with Crippen LogP contribution in [-0.4, -0.2) is 38.7 Å². The molecule has 0 aliphatic rings.